The molecule has 0 aromatic rings. The molecule has 0 spiro atoms. The SMILES string of the molecule is CCN(C(=O)NCCOCC(=O)O)C1CCCC1. The Kier molecular flexibility index (Phi) is 6.49. The van der Waals surface area contributed by atoms with Gasteiger partial charge >= 0.3 is 12.0 Å². The molecule has 2 amide bonds. The minimum Gasteiger partial charge on any atom is -0.480 e. The van der Waals surface area contributed by atoms with Gasteiger partial charge in [-0.3, -0.25) is 0 Å². The van der Waals surface area contributed by atoms with E-state index in [1.165, 1.54) is 12.8 Å². The monoisotopic (exact) mass is 258 g/mol. The van der Waals surface area contributed by atoms with Crippen LogP contribution >= 0.6 is 0 Å². The molecule has 18 heavy (non-hydrogen) atoms. The molecule has 6 heteroatoms. The number of nitrogens with zero attached hydrogens (tertiary/aromatic N) is 1. The van der Waals surface area contributed by atoms with Crippen molar-refractivity contribution in [3.05, 3.63) is 0 Å². The summed E-state index contributed by atoms with van der Waals surface area (Å²) in [6.07, 6.45) is 4.54. The first kappa shape index (κ1) is 14.8. The topological polar surface area (TPSA) is 78.9 Å². The van der Waals surface area contributed by atoms with E-state index in [0.29, 0.717) is 19.1 Å². The van der Waals surface area contributed by atoms with E-state index in [1.54, 1.807) is 0 Å². The Morgan fingerprint density at radius 3 is 2.61 bits per heavy atom. The molecule has 0 bridgehead atoms. The molecule has 0 heterocycles. The highest BCUT2D eigenvalue weighted by molar-refractivity contribution is 5.74. The second-order valence-corrected chi connectivity index (χ2v) is 4.40. The lowest BCUT2D eigenvalue weighted by atomic mass is 10.2. The minimum atomic E-state index is -0.998. The van der Waals surface area contributed by atoms with Crippen molar-refractivity contribution < 1.29 is 19.4 Å². The molecule has 1 aliphatic rings. The Morgan fingerprint density at radius 1 is 1.39 bits per heavy atom. The Morgan fingerprint density at radius 2 is 2.06 bits per heavy atom. The quantitative estimate of drug-likeness (QED) is 0.669. The zero-order valence-electron chi connectivity index (χ0n) is 10.9. The first-order chi connectivity index (χ1) is 8.65. The molecule has 1 saturated carbocycles. The van der Waals surface area contributed by atoms with Gasteiger partial charge in [0.1, 0.15) is 6.61 Å². The fraction of sp³-hybridized carbons (Fsp3) is 0.833. The van der Waals surface area contributed by atoms with Crippen LogP contribution in [0.1, 0.15) is 32.6 Å². The van der Waals surface area contributed by atoms with Gasteiger partial charge in [-0.2, -0.15) is 0 Å². The molecule has 6 nitrogen and oxygen atoms in total. The molecule has 0 unspecified atom stereocenters. The van der Waals surface area contributed by atoms with Crippen LogP contribution in [-0.2, 0) is 9.53 Å². The zero-order valence-corrected chi connectivity index (χ0v) is 10.9. The lowest BCUT2D eigenvalue weighted by molar-refractivity contribution is -0.142. The number of carbonyl (C=O) groups excluding carboxylic acids is 1. The molecule has 1 rings (SSSR count). The van der Waals surface area contributed by atoms with Crippen LogP contribution in [0, 0.1) is 0 Å². The normalized spacial score (nSPS) is 15.6. The van der Waals surface area contributed by atoms with Crippen molar-refractivity contribution in [3.8, 4) is 0 Å². The van der Waals surface area contributed by atoms with Crippen LogP contribution in [0.15, 0.2) is 0 Å². The molecule has 0 atom stereocenters. The summed E-state index contributed by atoms with van der Waals surface area (Å²) in [6.45, 7) is 2.91. The van der Waals surface area contributed by atoms with E-state index in [1.807, 2.05) is 11.8 Å². The Balaban J connectivity index is 2.19. The lowest BCUT2D eigenvalue weighted by Crippen LogP contribution is -2.45. The summed E-state index contributed by atoms with van der Waals surface area (Å²) in [7, 11) is 0. The van der Waals surface area contributed by atoms with Crippen LogP contribution < -0.4 is 5.32 Å². The molecule has 0 saturated heterocycles. The van der Waals surface area contributed by atoms with Gasteiger partial charge in [0, 0.05) is 19.1 Å². The predicted molar refractivity (Wildman–Crippen MR) is 66.5 cm³/mol. The maximum atomic E-state index is 11.9. The highest BCUT2D eigenvalue weighted by Gasteiger charge is 2.24. The third-order valence-electron chi connectivity index (χ3n) is 3.12. The molecule has 1 fully saturated rings. The molecule has 104 valence electrons. The van der Waals surface area contributed by atoms with Crippen molar-refractivity contribution in [2.24, 2.45) is 0 Å². The molecule has 1 aliphatic carbocycles. The Labute approximate surface area is 107 Å². The van der Waals surface area contributed by atoms with E-state index in [0.717, 1.165) is 12.8 Å². The summed E-state index contributed by atoms with van der Waals surface area (Å²) in [5.41, 5.74) is 0. The lowest BCUT2D eigenvalue weighted by Gasteiger charge is -2.27. The summed E-state index contributed by atoms with van der Waals surface area (Å²) in [5.74, 6) is -0.998. The molecule has 0 aliphatic heterocycles. The van der Waals surface area contributed by atoms with Crippen molar-refractivity contribution in [1.29, 1.82) is 0 Å². The highest BCUT2D eigenvalue weighted by Crippen LogP contribution is 2.23. The van der Waals surface area contributed by atoms with Gasteiger partial charge in [0.25, 0.3) is 0 Å². The minimum absolute atomic E-state index is 0.0803. The summed E-state index contributed by atoms with van der Waals surface area (Å²) in [5, 5.41) is 11.1. The number of aliphatic carboxylic acids is 1. The predicted octanol–water partition coefficient (Wildman–Crippen LogP) is 1.06. The number of carboxylic acid groups (broad SMARTS) is 1. The highest BCUT2D eigenvalue weighted by atomic mass is 16.5. The average Bonchev–Trinajstić information content (AvgIpc) is 2.83. The maximum Gasteiger partial charge on any atom is 0.329 e. The Hall–Kier alpha value is -1.30. The van der Waals surface area contributed by atoms with Gasteiger partial charge < -0.3 is 20.1 Å². The van der Waals surface area contributed by atoms with Crippen LogP contribution in [-0.4, -0.2) is 54.4 Å². The molecule has 0 radical (unpaired) electrons. The van der Waals surface area contributed by atoms with Crippen LogP contribution in [0.5, 0.6) is 0 Å². The van der Waals surface area contributed by atoms with E-state index in [2.05, 4.69) is 5.32 Å². The molecule has 2 N–H and O–H groups in total. The van der Waals surface area contributed by atoms with Crippen molar-refractivity contribution in [1.82, 2.24) is 10.2 Å². The number of urea groups is 1. The van der Waals surface area contributed by atoms with E-state index in [9.17, 15) is 9.59 Å². The first-order valence-electron chi connectivity index (χ1n) is 6.49. The summed E-state index contributed by atoms with van der Waals surface area (Å²) in [6, 6.07) is 0.276. The van der Waals surface area contributed by atoms with Gasteiger partial charge in [-0.1, -0.05) is 12.8 Å². The standard InChI is InChI=1S/C12H22N2O4/c1-2-14(10-5-3-4-6-10)12(17)13-7-8-18-9-11(15)16/h10H,2-9H2,1H3,(H,13,17)(H,15,16). The van der Waals surface area contributed by atoms with Crippen LogP contribution in [0.25, 0.3) is 0 Å². The molecule has 0 aromatic carbocycles. The van der Waals surface area contributed by atoms with Gasteiger partial charge in [-0.05, 0) is 19.8 Å². The number of hydrogen-bond acceptors (Lipinski definition) is 3. The largest absolute Gasteiger partial charge is 0.480 e. The van der Waals surface area contributed by atoms with Crippen molar-refractivity contribution in [2.45, 2.75) is 38.6 Å². The number of carboxylic acids is 1. The van der Waals surface area contributed by atoms with Crippen molar-refractivity contribution in [2.75, 3.05) is 26.3 Å². The van der Waals surface area contributed by atoms with E-state index >= 15 is 0 Å². The molecular formula is C12H22N2O4. The molecule has 0 aromatic heterocycles. The fourth-order valence-corrected chi connectivity index (χ4v) is 2.27. The van der Waals surface area contributed by atoms with Gasteiger partial charge in [0.2, 0.25) is 0 Å². The second kappa shape index (κ2) is 7.92. The second-order valence-electron chi connectivity index (χ2n) is 4.40. The van der Waals surface area contributed by atoms with Gasteiger partial charge in [0.15, 0.2) is 0 Å². The number of amides is 2. The van der Waals surface area contributed by atoms with E-state index < -0.39 is 5.97 Å². The smallest absolute Gasteiger partial charge is 0.329 e. The number of nitrogens with one attached hydrogen (secondary N) is 1. The van der Waals surface area contributed by atoms with Gasteiger partial charge in [-0.15, -0.1) is 0 Å². The first-order valence-corrected chi connectivity index (χ1v) is 6.49. The molecular weight excluding hydrogens is 236 g/mol. The third kappa shape index (κ3) is 4.91. The number of hydrogen-bond donors (Lipinski definition) is 2. The third-order valence-corrected chi connectivity index (χ3v) is 3.12. The summed E-state index contributed by atoms with van der Waals surface area (Å²) >= 11 is 0. The van der Waals surface area contributed by atoms with Crippen LogP contribution in [0.2, 0.25) is 0 Å². The summed E-state index contributed by atoms with van der Waals surface area (Å²) in [4.78, 5) is 24.0. The maximum absolute atomic E-state index is 11.9. The van der Waals surface area contributed by atoms with Crippen LogP contribution in [0.3, 0.4) is 0 Å². The number of ether oxygens (including phenoxy) is 1. The van der Waals surface area contributed by atoms with Crippen molar-refractivity contribution >= 4 is 12.0 Å². The zero-order chi connectivity index (χ0) is 13.4. The van der Waals surface area contributed by atoms with Crippen molar-refractivity contribution in [3.63, 3.8) is 0 Å². The number of carbonyl (C=O) groups is 2. The van der Waals surface area contributed by atoms with Gasteiger partial charge in [-0.25, -0.2) is 9.59 Å². The van der Waals surface area contributed by atoms with Crippen LogP contribution in [0.4, 0.5) is 4.79 Å². The summed E-state index contributed by atoms with van der Waals surface area (Å²) < 4.78 is 4.85. The Bertz CT molecular complexity index is 277. The fourth-order valence-electron chi connectivity index (χ4n) is 2.27. The van der Waals surface area contributed by atoms with E-state index in [-0.39, 0.29) is 19.2 Å². The number of rotatable bonds is 7. The van der Waals surface area contributed by atoms with E-state index in [4.69, 9.17) is 9.84 Å². The average molecular weight is 258 g/mol. The van der Waals surface area contributed by atoms with Gasteiger partial charge in [0.05, 0.1) is 6.61 Å².